The van der Waals surface area contributed by atoms with Crippen LogP contribution >= 0.6 is 0 Å². The fourth-order valence-electron chi connectivity index (χ4n) is 1.59. The van der Waals surface area contributed by atoms with Crippen LogP contribution < -0.4 is 10.5 Å². The molecule has 3 N–H and O–H groups in total. The van der Waals surface area contributed by atoms with E-state index in [0.29, 0.717) is 0 Å². The van der Waals surface area contributed by atoms with Crippen molar-refractivity contribution in [3.8, 4) is 0 Å². The SMILES string of the molecule is CC[C@@H](C)CS(=O)(=O)NC[C@@H](N)c1ccccc1. The van der Waals surface area contributed by atoms with E-state index in [4.69, 9.17) is 5.73 Å². The van der Waals surface area contributed by atoms with Crippen LogP contribution in [-0.4, -0.2) is 20.7 Å². The lowest BCUT2D eigenvalue weighted by Gasteiger charge is -2.15. The van der Waals surface area contributed by atoms with Gasteiger partial charge in [0.25, 0.3) is 0 Å². The van der Waals surface area contributed by atoms with Crippen LogP contribution in [0.15, 0.2) is 30.3 Å². The van der Waals surface area contributed by atoms with Crippen LogP contribution in [0, 0.1) is 5.92 Å². The first-order valence-corrected chi connectivity index (χ1v) is 7.87. The molecule has 0 amide bonds. The topological polar surface area (TPSA) is 72.2 Å². The molecule has 1 rings (SSSR count). The molecule has 4 nitrogen and oxygen atoms in total. The molecule has 0 unspecified atom stereocenters. The molecule has 0 aliphatic carbocycles. The summed E-state index contributed by atoms with van der Waals surface area (Å²) < 4.78 is 26.1. The lowest BCUT2D eigenvalue weighted by Crippen LogP contribution is -2.34. The molecule has 0 aliphatic heterocycles. The number of nitrogens with two attached hydrogens (primary N) is 1. The van der Waals surface area contributed by atoms with Crippen molar-refractivity contribution >= 4 is 10.0 Å². The number of nitrogens with one attached hydrogen (secondary N) is 1. The largest absolute Gasteiger partial charge is 0.323 e. The van der Waals surface area contributed by atoms with Crippen molar-refractivity contribution in [1.82, 2.24) is 4.72 Å². The van der Waals surface area contributed by atoms with Crippen molar-refractivity contribution in [3.05, 3.63) is 35.9 Å². The zero-order valence-electron chi connectivity index (χ0n) is 11.0. The third kappa shape index (κ3) is 5.16. The van der Waals surface area contributed by atoms with Gasteiger partial charge in [0.05, 0.1) is 5.75 Å². The molecule has 0 spiro atoms. The van der Waals surface area contributed by atoms with Crippen molar-refractivity contribution < 1.29 is 8.42 Å². The van der Waals surface area contributed by atoms with Gasteiger partial charge in [0.1, 0.15) is 0 Å². The van der Waals surface area contributed by atoms with Crippen LogP contribution in [0.25, 0.3) is 0 Å². The van der Waals surface area contributed by atoms with Gasteiger partial charge in [0.2, 0.25) is 10.0 Å². The second-order valence-electron chi connectivity index (χ2n) is 4.66. The first kappa shape index (κ1) is 15.1. The van der Waals surface area contributed by atoms with E-state index in [1.165, 1.54) is 0 Å². The highest BCUT2D eigenvalue weighted by atomic mass is 32.2. The van der Waals surface area contributed by atoms with Gasteiger partial charge in [-0.1, -0.05) is 50.6 Å². The summed E-state index contributed by atoms with van der Waals surface area (Å²) in [5.41, 5.74) is 6.87. The average molecular weight is 270 g/mol. The van der Waals surface area contributed by atoms with Gasteiger partial charge in [-0.3, -0.25) is 0 Å². The van der Waals surface area contributed by atoms with Crippen LogP contribution in [-0.2, 0) is 10.0 Å². The van der Waals surface area contributed by atoms with Crippen LogP contribution in [0.3, 0.4) is 0 Å². The van der Waals surface area contributed by atoms with Crippen molar-refractivity contribution in [2.24, 2.45) is 11.7 Å². The Balaban J connectivity index is 2.50. The van der Waals surface area contributed by atoms with E-state index in [1.807, 2.05) is 44.2 Å². The lowest BCUT2D eigenvalue weighted by molar-refractivity contribution is 0.546. The average Bonchev–Trinajstić information content (AvgIpc) is 2.36. The fourth-order valence-corrected chi connectivity index (χ4v) is 3.12. The van der Waals surface area contributed by atoms with Crippen molar-refractivity contribution in [3.63, 3.8) is 0 Å². The maximum absolute atomic E-state index is 11.8. The molecule has 2 atom stereocenters. The van der Waals surface area contributed by atoms with E-state index in [-0.39, 0.29) is 24.3 Å². The molecule has 0 aliphatic rings. The standard InChI is InChI=1S/C13H22N2O2S/c1-3-11(2)10-18(16,17)15-9-13(14)12-7-5-4-6-8-12/h4-8,11,13,15H,3,9-10,14H2,1-2H3/t11-,13-/m1/s1. The van der Waals surface area contributed by atoms with E-state index < -0.39 is 10.0 Å². The number of sulfonamides is 1. The summed E-state index contributed by atoms with van der Waals surface area (Å²) in [7, 11) is -3.23. The van der Waals surface area contributed by atoms with Crippen LogP contribution in [0.5, 0.6) is 0 Å². The molecule has 0 heterocycles. The Labute approximate surface area is 110 Å². The van der Waals surface area contributed by atoms with Gasteiger partial charge in [-0.25, -0.2) is 13.1 Å². The molecule has 0 saturated heterocycles. The number of hydrogen-bond acceptors (Lipinski definition) is 3. The van der Waals surface area contributed by atoms with E-state index >= 15 is 0 Å². The van der Waals surface area contributed by atoms with Gasteiger partial charge in [-0.15, -0.1) is 0 Å². The van der Waals surface area contributed by atoms with Gasteiger partial charge in [-0.2, -0.15) is 0 Å². The fraction of sp³-hybridized carbons (Fsp3) is 0.538. The third-order valence-corrected chi connectivity index (χ3v) is 4.57. The minimum atomic E-state index is -3.23. The summed E-state index contributed by atoms with van der Waals surface area (Å²) in [4.78, 5) is 0. The molecular weight excluding hydrogens is 248 g/mol. The Kier molecular flexibility index (Phi) is 5.78. The van der Waals surface area contributed by atoms with Crippen molar-refractivity contribution in [1.29, 1.82) is 0 Å². The highest BCUT2D eigenvalue weighted by Gasteiger charge is 2.16. The third-order valence-electron chi connectivity index (χ3n) is 2.95. The molecule has 0 bridgehead atoms. The zero-order valence-corrected chi connectivity index (χ0v) is 11.8. The summed E-state index contributed by atoms with van der Waals surface area (Å²) in [6.07, 6.45) is 0.853. The molecule has 1 aromatic carbocycles. The Hall–Kier alpha value is -0.910. The predicted octanol–water partition coefficient (Wildman–Crippen LogP) is 1.65. The van der Waals surface area contributed by atoms with Gasteiger partial charge >= 0.3 is 0 Å². The second-order valence-corrected chi connectivity index (χ2v) is 6.51. The van der Waals surface area contributed by atoms with Crippen LogP contribution in [0.1, 0.15) is 31.9 Å². The van der Waals surface area contributed by atoms with Crippen LogP contribution in [0.2, 0.25) is 0 Å². The Morgan fingerprint density at radius 2 is 1.89 bits per heavy atom. The van der Waals surface area contributed by atoms with Gasteiger partial charge in [0, 0.05) is 12.6 Å². The Bertz CT molecular complexity index is 445. The predicted molar refractivity (Wildman–Crippen MR) is 74.6 cm³/mol. The summed E-state index contributed by atoms with van der Waals surface area (Å²) in [5, 5.41) is 0. The summed E-state index contributed by atoms with van der Waals surface area (Å²) >= 11 is 0. The molecule has 5 heteroatoms. The lowest BCUT2D eigenvalue weighted by atomic mass is 10.1. The first-order valence-electron chi connectivity index (χ1n) is 6.22. The number of benzene rings is 1. The normalized spacial score (nSPS) is 15.3. The Morgan fingerprint density at radius 1 is 1.28 bits per heavy atom. The monoisotopic (exact) mass is 270 g/mol. The minimum absolute atomic E-state index is 0.158. The van der Waals surface area contributed by atoms with E-state index in [0.717, 1.165) is 12.0 Å². The smallest absolute Gasteiger partial charge is 0.211 e. The first-order chi connectivity index (χ1) is 8.44. The molecule has 0 radical (unpaired) electrons. The van der Waals surface area contributed by atoms with Crippen LogP contribution in [0.4, 0.5) is 0 Å². The number of hydrogen-bond donors (Lipinski definition) is 2. The molecule has 0 aromatic heterocycles. The van der Waals surface area contributed by atoms with E-state index in [9.17, 15) is 8.42 Å². The minimum Gasteiger partial charge on any atom is -0.323 e. The molecule has 0 saturated carbocycles. The maximum Gasteiger partial charge on any atom is 0.211 e. The van der Waals surface area contributed by atoms with Crippen molar-refractivity contribution in [2.45, 2.75) is 26.3 Å². The molecule has 1 aromatic rings. The van der Waals surface area contributed by atoms with E-state index in [2.05, 4.69) is 4.72 Å². The molecule has 18 heavy (non-hydrogen) atoms. The Morgan fingerprint density at radius 3 is 2.44 bits per heavy atom. The summed E-state index contributed by atoms with van der Waals surface area (Å²) in [5.74, 6) is 0.320. The maximum atomic E-state index is 11.8. The molecular formula is C13H22N2O2S. The van der Waals surface area contributed by atoms with Gasteiger partial charge in [-0.05, 0) is 11.5 Å². The molecule has 0 fully saturated rings. The van der Waals surface area contributed by atoms with Gasteiger partial charge in [0.15, 0.2) is 0 Å². The zero-order chi connectivity index (χ0) is 13.6. The second kappa shape index (κ2) is 6.87. The number of rotatable bonds is 7. The van der Waals surface area contributed by atoms with E-state index in [1.54, 1.807) is 0 Å². The van der Waals surface area contributed by atoms with Crippen molar-refractivity contribution in [2.75, 3.05) is 12.3 Å². The highest BCUT2D eigenvalue weighted by molar-refractivity contribution is 7.89. The highest BCUT2D eigenvalue weighted by Crippen LogP contribution is 2.09. The quantitative estimate of drug-likeness (QED) is 0.791. The van der Waals surface area contributed by atoms with Gasteiger partial charge < -0.3 is 5.73 Å². The summed E-state index contributed by atoms with van der Waals surface area (Å²) in [6, 6.07) is 9.17. The molecule has 102 valence electrons. The summed E-state index contributed by atoms with van der Waals surface area (Å²) in [6.45, 7) is 4.15.